The standard InChI is InChI=1S/C27H33N5O2/c1-26(2,28)25(34)31-23(15-18-16-29-21-9-5-3-7-19(18)21)24(33)32-13-11-27(12-14-32)17-30-22-10-6-4-8-20(22)27/h3-10,16,23,29-30H,11-15,17,28H2,1-2H3,(H,31,34). The van der Waals surface area contributed by atoms with Crippen molar-refractivity contribution < 1.29 is 9.59 Å². The van der Waals surface area contributed by atoms with Gasteiger partial charge in [-0.1, -0.05) is 36.4 Å². The van der Waals surface area contributed by atoms with Crippen LogP contribution >= 0.6 is 0 Å². The summed E-state index contributed by atoms with van der Waals surface area (Å²) in [6.45, 7) is 5.56. The molecule has 2 amide bonds. The molecule has 1 atom stereocenters. The van der Waals surface area contributed by atoms with Gasteiger partial charge in [0.1, 0.15) is 6.04 Å². The number of anilines is 1. The minimum atomic E-state index is -1.07. The first-order valence-corrected chi connectivity index (χ1v) is 12.0. The Labute approximate surface area is 200 Å². The summed E-state index contributed by atoms with van der Waals surface area (Å²) in [6, 6.07) is 15.8. The van der Waals surface area contributed by atoms with Gasteiger partial charge in [0.15, 0.2) is 0 Å². The Hall–Kier alpha value is -3.32. The summed E-state index contributed by atoms with van der Waals surface area (Å²) < 4.78 is 0. The number of piperidine rings is 1. The number of carbonyl (C=O) groups excluding carboxylic acids is 2. The van der Waals surface area contributed by atoms with Gasteiger partial charge in [-0.2, -0.15) is 0 Å². The van der Waals surface area contributed by atoms with Gasteiger partial charge < -0.3 is 26.3 Å². The third-order valence-electron chi connectivity index (χ3n) is 7.44. The van der Waals surface area contributed by atoms with Gasteiger partial charge in [-0.15, -0.1) is 0 Å². The number of likely N-dealkylation sites (tertiary alicyclic amines) is 1. The van der Waals surface area contributed by atoms with Gasteiger partial charge in [0.05, 0.1) is 5.54 Å². The average Bonchev–Trinajstić information content (AvgIpc) is 3.40. The summed E-state index contributed by atoms with van der Waals surface area (Å²) in [7, 11) is 0. The van der Waals surface area contributed by atoms with Gasteiger partial charge in [0.2, 0.25) is 11.8 Å². The zero-order valence-corrected chi connectivity index (χ0v) is 19.9. The first kappa shape index (κ1) is 22.5. The molecule has 5 rings (SSSR count). The lowest BCUT2D eigenvalue weighted by Gasteiger charge is -2.40. The number of hydrogen-bond donors (Lipinski definition) is 4. The quantitative estimate of drug-likeness (QED) is 0.471. The molecule has 1 unspecified atom stereocenters. The Morgan fingerprint density at radius 3 is 2.59 bits per heavy atom. The van der Waals surface area contributed by atoms with E-state index in [0.717, 1.165) is 35.9 Å². The number of H-pyrrole nitrogens is 1. The maximum atomic E-state index is 13.7. The number of nitrogens with two attached hydrogens (primary N) is 1. The molecule has 3 aromatic rings. The molecule has 1 fully saturated rings. The molecule has 7 heteroatoms. The normalized spacial score (nSPS) is 17.9. The maximum Gasteiger partial charge on any atom is 0.245 e. The zero-order valence-electron chi connectivity index (χ0n) is 19.9. The minimum Gasteiger partial charge on any atom is -0.384 e. The van der Waals surface area contributed by atoms with E-state index in [1.165, 1.54) is 11.3 Å². The van der Waals surface area contributed by atoms with Crippen LogP contribution < -0.4 is 16.4 Å². The van der Waals surface area contributed by atoms with Crippen molar-refractivity contribution in [3.8, 4) is 0 Å². The van der Waals surface area contributed by atoms with Crippen molar-refractivity contribution in [2.75, 3.05) is 25.0 Å². The fraction of sp³-hybridized carbons (Fsp3) is 0.407. The topological polar surface area (TPSA) is 103 Å². The van der Waals surface area contributed by atoms with Gasteiger partial charge in [0.25, 0.3) is 0 Å². The van der Waals surface area contributed by atoms with E-state index in [2.05, 4.69) is 39.9 Å². The fourth-order valence-corrected chi connectivity index (χ4v) is 5.35. The Morgan fingerprint density at radius 1 is 1.12 bits per heavy atom. The Kier molecular flexibility index (Phi) is 5.60. The summed E-state index contributed by atoms with van der Waals surface area (Å²) in [5, 5.41) is 7.55. The van der Waals surface area contributed by atoms with Gasteiger partial charge in [-0.3, -0.25) is 9.59 Å². The lowest BCUT2D eigenvalue weighted by molar-refractivity contribution is -0.138. The number of aromatic nitrogens is 1. The SMILES string of the molecule is CC(C)(N)C(=O)NC(Cc1c[nH]c2ccccc12)C(=O)N1CCC2(CC1)CNc1ccccc12. The first-order valence-electron chi connectivity index (χ1n) is 12.0. The van der Waals surface area contributed by atoms with Gasteiger partial charge >= 0.3 is 0 Å². The highest BCUT2D eigenvalue weighted by molar-refractivity contribution is 5.92. The van der Waals surface area contributed by atoms with Crippen LogP contribution in [0, 0.1) is 0 Å². The molecule has 7 nitrogen and oxygen atoms in total. The molecule has 0 radical (unpaired) electrons. The summed E-state index contributed by atoms with van der Waals surface area (Å²) in [5.41, 5.74) is 9.63. The van der Waals surface area contributed by atoms with Crippen LogP contribution in [0.3, 0.4) is 0 Å². The molecular weight excluding hydrogens is 426 g/mol. The molecule has 1 saturated heterocycles. The number of carbonyl (C=O) groups is 2. The molecule has 2 aliphatic rings. The smallest absolute Gasteiger partial charge is 0.245 e. The van der Waals surface area contributed by atoms with Gasteiger partial charge in [-0.05, 0) is 49.9 Å². The summed E-state index contributed by atoms with van der Waals surface area (Å²) in [4.78, 5) is 31.7. The molecule has 1 spiro atoms. The average molecular weight is 460 g/mol. The number of aromatic amines is 1. The van der Waals surface area contributed by atoms with Crippen LogP contribution in [-0.4, -0.2) is 52.9 Å². The largest absolute Gasteiger partial charge is 0.384 e. The van der Waals surface area contributed by atoms with Crippen LogP contribution in [0.2, 0.25) is 0 Å². The number of benzene rings is 2. The van der Waals surface area contributed by atoms with E-state index in [1.807, 2.05) is 35.4 Å². The van der Waals surface area contributed by atoms with Crippen LogP contribution in [0.1, 0.15) is 37.8 Å². The lowest BCUT2D eigenvalue weighted by atomic mass is 9.74. The Morgan fingerprint density at radius 2 is 1.82 bits per heavy atom. The van der Waals surface area contributed by atoms with Crippen molar-refractivity contribution in [1.29, 1.82) is 0 Å². The minimum absolute atomic E-state index is 0.0445. The summed E-state index contributed by atoms with van der Waals surface area (Å²) >= 11 is 0. The molecule has 0 aliphatic carbocycles. The van der Waals surface area contributed by atoms with Crippen LogP contribution in [0.25, 0.3) is 10.9 Å². The first-order chi connectivity index (χ1) is 16.3. The number of nitrogens with one attached hydrogen (secondary N) is 3. The van der Waals surface area contributed by atoms with Crippen LogP contribution in [0.15, 0.2) is 54.7 Å². The lowest BCUT2D eigenvalue weighted by Crippen LogP contribution is -2.58. The molecule has 34 heavy (non-hydrogen) atoms. The van der Waals surface area contributed by atoms with Crippen LogP contribution in [0.5, 0.6) is 0 Å². The third-order valence-corrected chi connectivity index (χ3v) is 7.44. The second-order valence-corrected chi connectivity index (χ2v) is 10.3. The van der Waals surface area contributed by atoms with E-state index in [1.54, 1.807) is 13.8 Å². The number of fused-ring (bicyclic) bond motifs is 3. The molecular formula is C27H33N5O2. The summed E-state index contributed by atoms with van der Waals surface area (Å²) in [5.74, 6) is -0.370. The van der Waals surface area contributed by atoms with E-state index in [4.69, 9.17) is 5.73 Å². The van der Waals surface area contributed by atoms with Crippen molar-refractivity contribution in [1.82, 2.24) is 15.2 Å². The van der Waals surface area contributed by atoms with E-state index in [-0.39, 0.29) is 17.2 Å². The molecule has 178 valence electrons. The van der Waals surface area contributed by atoms with Gasteiger partial charge in [0, 0.05) is 54.3 Å². The number of para-hydroxylation sites is 2. The van der Waals surface area contributed by atoms with Gasteiger partial charge in [-0.25, -0.2) is 0 Å². The van der Waals surface area contributed by atoms with Crippen molar-refractivity contribution in [3.05, 3.63) is 65.9 Å². The molecule has 3 heterocycles. The maximum absolute atomic E-state index is 13.7. The molecule has 1 aromatic heterocycles. The number of hydrogen-bond acceptors (Lipinski definition) is 4. The molecule has 2 aromatic carbocycles. The van der Waals surface area contributed by atoms with Crippen molar-refractivity contribution in [3.63, 3.8) is 0 Å². The molecule has 0 saturated carbocycles. The van der Waals surface area contributed by atoms with E-state index in [9.17, 15) is 9.59 Å². The van der Waals surface area contributed by atoms with Crippen LogP contribution in [0.4, 0.5) is 5.69 Å². The predicted molar refractivity (Wildman–Crippen MR) is 135 cm³/mol. The number of amides is 2. The second-order valence-electron chi connectivity index (χ2n) is 10.3. The predicted octanol–water partition coefficient (Wildman–Crippen LogP) is 2.92. The monoisotopic (exact) mass is 459 g/mol. The number of nitrogens with zero attached hydrogens (tertiary/aromatic N) is 1. The molecule has 0 bridgehead atoms. The highest BCUT2D eigenvalue weighted by atomic mass is 16.2. The third kappa shape index (κ3) is 4.05. The Bertz CT molecular complexity index is 1220. The molecule has 2 aliphatic heterocycles. The van der Waals surface area contributed by atoms with E-state index in [0.29, 0.717) is 19.5 Å². The number of rotatable bonds is 5. The highest BCUT2D eigenvalue weighted by Gasteiger charge is 2.43. The highest BCUT2D eigenvalue weighted by Crippen LogP contribution is 2.43. The van der Waals surface area contributed by atoms with Crippen molar-refractivity contribution in [2.45, 2.75) is 50.1 Å². The fourth-order valence-electron chi connectivity index (χ4n) is 5.35. The van der Waals surface area contributed by atoms with E-state index < -0.39 is 11.6 Å². The Balaban J connectivity index is 1.35. The van der Waals surface area contributed by atoms with E-state index >= 15 is 0 Å². The summed E-state index contributed by atoms with van der Waals surface area (Å²) in [6.07, 6.45) is 4.14. The molecule has 5 N–H and O–H groups in total. The van der Waals surface area contributed by atoms with Crippen LogP contribution in [-0.2, 0) is 21.4 Å². The van der Waals surface area contributed by atoms with Crippen molar-refractivity contribution >= 4 is 28.4 Å². The van der Waals surface area contributed by atoms with Crippen molar-refractivity contribution in [2.24, 2.45) is 5.73 Å². The zero-order chi connectivity index (χ0) is 23.9. The second kappa shape index (κ2) is 8.47.